The van der Waals surface area contributed by atoms with Crippen LogP contribution in [-0.4, -0.2) is 36.9 Å². The van der Waals surface area contributed by atoms with E-state index in [0.717, 1.165) is 29.7 Å². The largest absolute Gasteiger partial charge is 0.474 e. The second-order valence-corrected chi connectivity index (χ2v) is 8.53. The highest BCUT2D eigenvalue weighted by molar-refractivity contribution is 6.08. The Bertz CT molecular complexity index is 1440. The molecule has 0 saturated heterocycles. The Morgan fingerprint density at radius 3 is 2.33 bits per heavy atom. The summed E-state index contributed by atoms with van der Waals surface area (Å²) in [6, 6.07) is 16.3. The van der Waals surface area contributed by atoms with Gasteiger partial charge in [0, 0.05) is 72.5 Å². The van der Waals surface area contributed by atoms with Gasteiger partial charge in [-0.1, -0.05) is 12.1 Å². The predicted molar refractivity (Wildman–Crippen MR) is 126 cm³/mol. The van der Waals surface area contributed by atoms with Crippen molar-refractivity contribution in [2.24, 2.45) is 7.05 Å². The zero-order valence-electron chi connectivity index (χ0n) is 18.5. The summed E-state index contributed by atoms with van der Waals surface area (Å²) in [5, 5.41) is 10.4. The van der Waals surface area contributed by atoms with Crippen molar-refractivity contribution in [2.75, 3.05) is 0 Å². The van der Waals surface area contributed by atoms with Crippen molar-refractivity contribution in [3.63, 3.8) is 0 Å². The van der Waals surface area contributed by atoms with Gasteiger partial charge in [0.15, 0.2) is 0 Å². The van der Waals surface area contributed by atoms with Crippen LogP contribution in [0.4, 0.5) is 0 Å². The lowest BCUT2D eigenvalue weighted by Crippen LogP contribution is -2.41. The number of pyridine rings is 2. The van der Waals surface area contributed by atoms with Crippen molar-refractivity contribution in [1.29, 1.82) is 0 Å². The number of rotatable bonds is 5. The average molecular weight is 438 g/mol. The zero-order chi connectivity index (χ0) is 22.4. The number of fused-ring (bicyclic) bond motifs is 3. The maximum absolute atomic E-state index is 6.02. The van der Waals surface area contributed by atoms with Crippen molar-refractivity contribution in [3.05, 3.63) is 72.8 Å². The molecule has 6 rings (SSSR count). The SMILES string of the molecule is Cc1ccc(O[C@H]2C[C@H](Oc3ccc(-c4ccc5c6cnccc6n(C)c5c4)cn3)C2)nn1. The summed E-state index contributed by atoms with van der Waals surface area (Å²) in [6.07, 6.45) is 7.46. The molecule has 164 valence electrons. The lowest BCUT2D eigenvalue weighted by atomic mass is 9.92. The Hall–Kier alpha value is -4.00. The highest BCUT2D eigenvalue weighted by Crippen LogP contribution is 2.32. The Kier molecular flexibility index (Phi) is 4.68. The van der Waals surface area contributed by atoms with Crippen molar-refractivity contribution < 1.29 is 9.47 Å². The summed E-state index contributed by atoms with van der Waals surface area (Å²) in [4.78, 5) is 8.82. The minimum atomic E-state index is 0.104. The van der Waals surface area contributed by atoms with E-state index in [1.165, 1.54) is 21.8 Å². The summed E-state index contributed by atoms with van der Waals surface area (Å²) in [5.41, 5.74) is 5.41. The molecule has 1 aromatic carbocycles. The molecule has 0 aliphatic heterocycles. The van der Waals surface area contributed by atoms with Gasteiger partial charge >= 0.3 is 0 Å². The summed E-state index contributed by atoms with van der Waals surface area (Å²) >= 11 is 0. The molecule has 7 nitrogen and oxygen atoms in total. The Morgan fingerprint density at radius 2 is 1.58 bits per heavy atom. The third-order valence-electron chi connectivity index (χ3n) is 6.28. The molecule has 5 aromatic rings. The number of hydrogen-bond donors (Lipinski definition) is 0. The molecule has 33 heavy (non-hydrogen) atoms. The number of benzene rings is 1. The van der Waals surface area contributed by atoms with Crippen LogP contribution in [0.2, 0.25) is 0 Å². The van der Waals surface area contributed by atoms with Gasteiger partial charge in [-0.15, -0.1) is 5.10 Å². The molecule has 1 aliphatic carbocycles. The van der Waals surface area contributed by atoms with E-state index in [9.17, 15) is 0 Å². The summed E-state index contributed by atoms with van der Waals surface area (Å²) in [7, 11) is 2.09. The number of ether oxygens (including phenoxy) is 2. The maximum Gasteiger partial charge on any atom is 0.233 e. The van der Waals surface area contributed by atoms with Crippen LogP contribution in [0.25, 0.3) is 32.9 Å². The van der Waals surface area contributed by atoms with Crippen LogP contribution >= 0.6 is 0 Å². The van der Waals surface area contributed by atoms with Crippen LogP contribution in [0, 0.1) is 6.92 Å². The third kappa shape index (κ3) is 3.65. The fourth-order valence-electron chi connectivity index (χ4n) is 4.36. The first kappa shape index (κ1) is 19.7. The first-order valence-electron chi connectivity index (χ1n) is 11.1. The molecule has 4 aromatic heterocycles. The average Bonchev–Trinajstić information content (AvgIpc) is 3.11. The van der Waals surface area contributed by atoms with Crippen LogP contribution in [0.15, 0.2) is 67.1 Å². The van der Waals surface area contributed by atoms with Crippen LogP contribution in [0.1, 0.15) is 18.5 Å². The molecular weight excluding hydrogens is 414 g/mol. The summed E-state index contributed by atoms with van der Waals surface area (Å²) in [5.74, 6) is 1.19. The molecule has 1 fully saturated rings. The van der Waals surface area contributed by atoms with E-state index in [-0.39, 0.29) is 12.2 Å². The molecule has 4 heterocycles. The van der Waals surface area contributed by atoms with Crippen molar-refractivity contribution in [3.8, 4) is 22.9 Å². The smallest absolute Gasteiger partial charge is 0.233 e. The van der Waals surface area contributed by atoms with Gasteiger partial charge < -0.3 is 14.0 Å². The minimum absolute atomic E-state index is 0.104. The highest BCUT2D eigenvalue weighted by atomic mass is 16.5. The van der Waals surface area contributed by atoms with Crippen molar-refractivity contribution in [2.45, 2.75) is 32.0 Å². The van der Waals surface area contributed by atoms with Crippen LogP contribution in [0.5, 0.6) is 11.8 Å². The Morgan fingerprint density at radius 1 is 0.788 bits per heavy atom. The van der Waals surface area contributed by atoms with Gasteiger partial charge in [-0.05, 0) is 36.8 Å². The summed E-state index contributed by atoms with van der Waals surface area (Å²) in [6.45, 7) is 1.90. The van der Waals surface area contributed by atoms with Gasteiger partial charge in [-0.3, -0.25) is 4.98 Å². The van der Waals surface area contributed by atoms with Gasteiger partial charge in [0.25, 0.3) is 0 Å². The lowest BCUT2D eigenvalue weighted by Gasteiger charge is -2.34. The minimum Gasteiger partial charge on any atom is -0.474 e. The molecule has 0 unspecified atom stereocenters. The molecule has 0 N–H and O–H groups in total. The zero-order valence-corrected chi connectivity index (χ0v) is 18.5. The standard InChI is InChI=1S/C26H23N5O2/c1-16-3-7-26(30-29-16)33-20-12-19(13-20)32-25-8-5-18(14-28-25)17-4-6-21-22-15-27-10-9-23(22)31(2)24(21)11-17/h3-11,14-15,19-20H,12-13H2,1-2H3/t19-,20-. The monoisotopic (exact) mass is 437 g/mol. The van der Waals surface area contributed by atoms with E-state index in [4.69, 9.17) is 9.47 Å². The molecule has 7 heteroatoms. The summed E-state index contributed by atoms with van der Waals surface area (Å²) < 4.78 is 14.1. The van der Waals surface area contributed by atoms with Crippen LogP contribution in [0.3, 0.4) is 0 Å². The van der Waals surface area contributed by atoms with Crippen molar-refractivity contribution >= 4 is 21.8 Å². The van der Waals surface area contributed by atoms with Gasteiger partial charge in [-0.2, -0.15) is 5.10 Å². The quantitative estimate of drug-likeness (QED) is 0.390. The van der Waals surface area contributed by atoms with Gasteiger partial charge in [0.05, 0.1) is 11.2 Å². The molecule has 0 bridgehead atoms. The molecule has 0 radical (unpaired) electrons. The van der Waals surface area contributed by atoms with Crippen LogP contribution < -0.4 is 9.47 Å². The van der Waals surface area contributed by atoms with Crippen LogP contribution in [-0.2, 0) is 7.05 Å². The molecule has 0 spiro atoms. The number of aryl methyl sites for hydroxylation is 2. The maximum atomic E-state index is 6.02. The van der Waals surface area contributed by atoms with E-state index in [1.807, 2.05) is 49.8 Å². The van der Waals surface area contributed by atoms with Gasteiger partial charge in [-0.25, -0.2) is 4.98 Å². The first-order valence-corrected chi connectivity index (χ1v) is 11.1. The number of hydrogen-bond acceptors (Lipinski definition) is 6. The van der Waals surface area contributed by atoms with E-state index in [0.29, 0.717) is 11.8 Å². The van der Waals surface area contributed by atoms with Crippen molar-refractivity contribution in [1.82, 2.24) is 24.7 Å². The molecule has 0 atom stereocenters. The normalized spacial score (nSPS) is 17.8. The van der Waals surface area contributed by atoms with Gasteiger partial charge in [0.1, 0.15) is 12.2 Å². The second kappa shape index (κ2) is 7.85. The molecular formula is C26H23N5O2. The van der Waals surface area contributed by atoms with Gasteiger partial charge in [0.2, 0.25) is 11.8 Å². The fourth-order valence-corrected chi connectivity index (χ4v) is 4.36. The molecule has 0 amide bonds. The Labute approximate surface area is 191 Å². The number of aromatic nitrogens is 5. The van der Waals surface area contributed by atoms with E-state index in [1.54, 1.807) is 0 Å². The fraction of sp³-hybridized carbons (Fsp3) is 0.231. The first-order chi connectivity index (χ1) is 16.1. The topological polar surface area (TPSA) is 75.0 Å². The molecule has 1 aliphatic rings. The lowest BCUT2D eigenvalue weighted by molar-refractivity contribution is -0.000466. The van der Waals surface area contributed by atoms with E-state index < -0.39 is 0 Å². The molecule has 1 saturated carbocycles. The third-order valence-corrected chi connectivity index (χ3v) is 6.28. The van der Waals surface area contributed by atoms with E-state index in [2.05, 4.69) is 56.0 Å². The Balaban J connectivity index is 1.13. The van der Waals surface area contributed by atoms with E-state index >= 15 is 0 Å². The predicted octanol–water partition coefficient (Wildman–Crippen LogP) is 4.88. The second-order valence-electron chi connectivity index (χ2n) is 8.53. The number of nitrogens with zero attached hydrogens (tertiary/aromatic N) is 5. The highest BCUT2D eigenvalue weighted by Gasteiger charge is 2.33.